The van der Waals surface area contributed by atoms with Crippen LogP contribution < -0.4 is 4.90 Å². The summed E-state index contributed by atoms with van der Waals surface area (Å²) in [6, 6.07) is 9.31. The molecule has 0 aliphatic heterocycles. The third kappa shape index (κ3) is 3.13. The number of para-hydroxylation sites is 1. The molecule has 1 aromatic rings. The van der Waals surface area contributed by atoms with Gasteiger partial charge in [0.1, 0.15) is 0 Å². The monoisotopic (exact) mass is 212 g/mol. The van der Waals surface area contributed by atoms with Crippen LogP contribution in [0, 0.1) is 6.07 Å². The van der Waals surface area contributed by atoms with E-state index in [1.807, 2.05) is 30.4 Å². The van der Waals surface area contributed by atoms with Gasteiger partial charge in [0.05, 0.1) is 0 Å². The molecule has 0 atom stereocenters. The highest BCUT2D eigenvalue weighted by Gasteiger charge is 2.07. The summed E-state index contributed by atoms with van der Waals surface area (Å²) >= 11 is 0. The Kier molecular flexibility index (Phi) is 5.13. The number of hydrogen-bond acceptors (Lipinski definition) is 1. The fourth-order valence-electron chi connectivity index (χ4n) is 1.65. The highest BCUT2D eigenvalue weighted by Crippen LogP contribution is 2.20. The minimum Gasteiger partial charge on any atom is -0.363 e. The molecule has 0 bridgehead atoms. The summed E-state index contributed by atoms with van der Waals surface area (Å²) in [7, 11) is 0. The molecule has 83 valence electrons. The maximum Gasteiger partial charge on any atom is 0.0488 e. The molecule has 1 nitrogen and oxygen atoms in total. The summed E-state index contributed by atoms with van der Waals surface area (Å²) in [5.41, 5.74) is 2.35. The van der Waals surface area contributed by atoms with E-state index in [0.717, 1.165) is 25.2 Å². The van der Waals surface area contributed by atoms with Gasteiger partial charge in [-0.25, -0.2) is 0 Å². The Morgan fingerprint density at radius 3 is 2.38 bits per heavy atom. The highest BCUT2D eigenvalue weighted by molar-refractivity contribution is 5.54. The molecule has 1 rings (SSSR count). The van der Waals surface area contributed by atoms with Crippen LogP contribution in [-0.4, -0.2) is 13.1 Å². The van der Waals surface area contributed by atoms with Gasteiger partial charge in [-0.2, -0.15) is 0 Å². The minimum absolute atomic E-state index is 0.802. The van der Waals surface area contributed by atoms with Crippen molar-refractivity contribution >= 4 is 5.69 Å². The lowest BCUT2D eigenvalue weighted by molar-refractivity contribution is 0.943. The normalized spacial score (nSPS) is 9.50. The summed E-state index contributed by atoms with van der Waals surface area (Å²) in [5.74, 6) is 0. The van der Waals surface area contributed by atoms with Crippen LogP contribution in [0.2, 0.25) is 0 Å². The summed E-state index contributed by atoms with van der Waals surface area (Å²) in [6.45, 7) is 12.9. The molecule has 16 heavy (non-hydrogen) atoms. The molecule has 1 heteroatoms. The maximum atomic E-state index is 3.78. The van der Waals surface area contributed by atoms with Crippen LogP contribution in [0.1, 0.15) is 5.56 Å². The van der Waals surface area contributed by atoms with E-state index in [9.17, 15) is 0 Å². The van der Waals surface area contributed by atoms with Gasteiger partial charge in [0.2, 0.25) is 0 Å². The smallest absolute Gasteiger partial charge is 0.0488 e. The Hall–Kier alpha value is -1.76. The lowest BCUT2D eigenvalue weighted by atomic mass is 10.1. The van der Waals surface area contributed by atoms with Gasteiger partial charge in [0.15, 0.2) is 0 Å². The van der Waals surface area contributed by atoms with Crippen LogP contribution in [0.15, 0.2) is 56.2 Å². The number of allylic oxidation sites excluding steroid dienone is 1. The van der Waals surface area contributed by atoms with E-state index >= 15 is 0 Å². The summed E-state index contributed by atoms with van der Waals surface area (Å²) in [4.78, 5) is 2.19. The molecule has 1 radical (unpaired) electrons. The number of rotatable bonds is 7. The van der Waals surface area contributed by atoms with Crippen LogP contribution in [0.5, 0.6) is 0 Å². The second-order valence-electron chi connectivity index (χ2n) is 3.52. The van der Waals surface area contributed by atoms with Crippen molar-refractivity contribution in [2.45, 2.75) is 6.42 Å². The molecule has 0 amide bonds. The Morgan fingerprint density at radius 1 is 1.12 bits per heavy atom. The van der Waals surface area contributed by atoms with E-state index in [0.29, 0.717) is 0 Å². The van der Waals surface area contributed by atoms with Gasteiger partial charge >= 0.3 is 0 Å². The van der Waals surface area contributed by atoms with E-state index in [4.69, 9.17) is 0 Å². The third-order valence-electron chi connectivity index (χ3n) is 2.30. The molecule has 0 aromatic heterocycles. The highest BCUT2D eigenvalue weighted by atomic mass is 15.1. The van der Waals surface area contributed by atoms with E-state index in [-0.39, 0.29) is 0 Å². The maximum absolute atomic E-state index is 3.78. The average Bonchev–Trinajstić information content (AvgIpc) is 2.30. The second-order valence-corrected chi connectivity index (χ2v) is 3.52. The molecule has 1 aromatic carbocycles. The second kappa shape index (κ2) is 6.67. The Balaban J connectivity index is 3.00. The van der Waals surface area contributed by atoms with Gasteiger partial charge in [-0.1, -0.05) is 36.4 Å². The van der Waals surface area contributed by atoms with Gasteiger partial charge in [0, 0.05) is 24.8 Å². The fourth-order valence-corrected chi connectivity index (χ4v) is 1.65. The van der Waals surface area contributed by atoms with Gasteiger partial charge in [-0.05, 0) is 12.0 Å². The predicted octanol–water partition coefficient (Wildman–Crippen LogP) is 3.39. The van der Waals surface area contributed by atoms with E-state index < -0.39 is 0 Å². The predicted molar refractivity (Wildman–Crippen MR) is 71.8 cm³/mol. The van der Waals surface area contributed by atoms with Crippen molar-refractivity contribution in [3.63, 3.8) is 0 Å². The first kappa shape index (κ1) is 12.3. The number of anilines is 1. The van der Waals surface area contributed by atoms with Crippen LogP contribution >= 0.6 is 0 Å². The number of hydrogen-bond donors (Lipinski definition) is 0. The van der Waals surface area contributed by atoms with Crippen molar-refractivity contribution < 1.29 is 0 Å². The molecule has 0 aliphatic carbocycles. The first-order valence-electron chi connectivity index (χ1n) is 5.40. The third-order valence-corrected chi connectivity index (χ3v) is 2.30. The summed E-state index contributed by atoms with van der Waals surface area (Å²) in [6.07, 6.45) is 6.55. The van der Waals surface area contributed by atoms with Crippen LogP contribution in [0.25, 0.3) is 0 Å². The van der Waals surface area contributed by atoms with Gasteiger partial charge in [0.25, 0.3) is 0 Å². The molecule has 0 unspecified atom stereocenters. The molecule has 0 saturated carbocycles. The van der Waals surface area contributed by atoms with E-state index in [2.05, 4.69) is 36.8 Å². The Morgan fingerprint density at radius 2 is 1.81 bits per heavy atom. The lowest BCUT2D eigenvalue weighted by Crippen LogP contribution is -2.24. The van der Waals surface area contributed by atoms with E-state index in [1.54, 1.807) is 0 Å². The van der Waals surface area contributed by atoms with Crippen molar-refractivity contribution in [3.8, 4) is 0 Å². The van der Waals surface area contributed by atoms with Crippen LogP contribution in [0.4, 0.5) is 5.69 Å². The van der Waals surface area contributed by atoms with Gasteiger partial charge < -0.3 is 4.90 Å². The zero-order chi connectivity index (χ0) is 11.8. The largest absolute Gasteiger partial charge is 0.363 e. The summed E-state index contributed by atoms with van der Waals surface area (Å²) < 4.78 is 0. The molecular formula is C15H18N. The van der Waals surface area contributed by atoms with E-state index in [1.165, 1.54) is 5.56 Å². The zero-order valence-corrected chi connectivity index (χ0v) is 9.65. The zero-order valence-electron chi connectivity index (χ0n) is 9.65. The molecule has 0 saturated heterocycles. The molecule has 0 fully saturated rings. The quantitative estimate of drug-likeness (QED) is 0.626. The standard InChI is InChI=1S/C15H18N/c1-4-9-14-10-7-8-11-15(14)16(12-5-2)13-6-3/h4-8,10H,1-3,9,12-13H2. The summed E-state index contributed by atoms with van der Waals surface area (Å²) in [5, 5.41) is 0. The topological polar surface area (TPSA) is 3.24 Å². The first-order chi connectivity index (χ1) is 7.83. The molecule has 0 heterocycles. The molecule has 0 aliphatic rings. The molecule has 0 N–H and O–H groups in total. The SMILES string of the molecule is C=CCc1ccc[c]c1N(CC=C)CC=C. The van der Waals surface area contributed by atoms with Crippen LogP contribution in [0.3, 0.4) is 0 Å². The Bertz CT molecular complexity index is 355. The van der Waals surface area contributed by atoms with Crippen molar-refractivity contribution in [2.24, 2.45) is 0 Å². The lowest BCUT2D eigenvalue weighted by Gasteiger charge is -2.23. The number of nitrogens with zero attached hydrogens (tertiary/aromatic N) is 1. The molecular weight excluding hydrogens is 194 g/mol. The van der Waals surface area contributed by atoms with Crippen molar-refractivity contribution in [2.75, 3.05) is 18.0 Å². The van der Waals surface area contributed by atoms with Gasteiger partial charge in [-0.3, -0.25) is 0 Å². The van der Waals surface area contributed by atoms with Gasteiger partial charge in [-0.15, -0.1) is 19.7 Å². The molecule has 0 spiro atoms. The fraction of sp³-hybridized carbons (Fsp3) is 0.200. The minimum atomic E-state index is 0.802. The van der Waals surface area contributed by atoms with Crippen molar-refractivity contribution in [3.05, 3.63) is 67.8 Å². The Labute approximate surface area is 98.4 Å². The number of benzene rings is 1. The average molecular weight is 212 g/mol. The first-order valence-corrected chi connectivity index (χ1v) is 5.40. The van der Waals surface area contributed by atoms with Crippen LogP contribution in [-0.2, 0) is 6.42 Å². The van der Waals surface area contributed by atoms with Crippen molar-refractivity contribution in [1.29, 1.82) is 0 Å². The van der Waals surface area contributed by atoms with Crippen molar-refractivity contribution in [1.82, 2.24) is 0 Å².